The van der Waals surface area contributed by atoms with Crippen LogP contribution in [0.4, 0.5) is 0 Å². The number of fused-ring (bicyclic) bond motifs is 1. The number of nitrogens with one attached hydrogen (secondary N) is 1. The molecule has 0 aliphatic carbocycles. The summed E-state index contributed by atoms with van der Waals surface area (Å²) in [6, 6.07) is 14.7. The van der Waals surface area contributed by atoms with E-state index in [1.807, 2.05) is 55.5 Å². The molecule has 2 atom stereocenters. The van der Waals surface area contributed by atoms with Crippen LogP contribution in [0.5, 0.6) is 0 Å². The average molecular weight is 401 g/mol. The molecular weight excluding hydrogens is 378 g/mol. The van der Waals surface area contributed by atoms with Crippen molar-refractivity contribution in [2.45, 2.75) is 32.4 Å². The Morgan fingerprint density at radius 2 is 1.93 bits per heavy atom. The van der Waals surface area contributed by atoms with Gasteiger partial charge in [0.05, 0.1) is 47.9 Å². The van der Waals surface area contributed by atoms with Crippen LogP contribution in [-0.4, -0.2) is 36.9 Å². The SMILES string of the molecule is Cc1cc(-n2ncc3cc(CC(=O)N[C@@H](c4ccccc4)C(C)O)ncc32)ccn1. The Morgan fingerprint density at radius 3 is 2.67 bits per heavy atom. The molecule has 1 unspecified atom stereocenters. The highest BCUT2D eigenvalue weighted by atomic mass is 16.3. The quantitative estimate of drug-likeness (QED) is 0.518. The Bertz CT molecular complexity index is 1170. The normalized spacial score (nSPS) is 13.2. The molecule has 4 rings (SSSR count). The molecule has 3 heterocycles. The standard InChI is InChI=1S/C23H23N5O2/c1-15-10-20(8-9-24-15)28-21-14-25-19(11-18(21)13-26-28)12-22(30)27-23(16(2)29)17-6-4-3-5-7-17/h3-11,13-14,16,23,29H,12H2,1-2H3,(H,27,30)/t16?,23-/m1/s1. The van der Waals surface area contributed by atoms with Gasteiger partial charge in [0.15, 0.2) is 0 Å². The summed E-state index contributed by atoms with van der Waals surface area (Å²) in [5.41, 5.74) is 4.17. The zero-order valence-electron chi connectivity index (χ0n) is 16.9. The van der Waals surface area contributed by atoms with Gasteiger partial charge in [0.25, 0.3) is 0 Å². The van der Waals surface area contributed by atoms with Gasteiger partial charge < -0.3 is 10.4 Å². The Kier molecular flexibility index (Phi) is 5.54. The molecule has 1 amide bonds. The molecule has 30 heavy (non-hydrogen) atoms. The monoisotopic (exact) mass is 401 g/mol. The van der Waals surface area contributed by atoms with Gasteiger partial charge in [0, 0.05) is 17.3 Å². The highest BCUT2D eigenvalue weighted by Gasteiger charge is 2.20. The second-order valence-electron chi connectivity index (χ2n) is 7.32. The first-order valence-corrected chi connectivity index (χ1v) is 9.79. The largest absolute Gasteiger partial charge is 0.391 e. The van der Waals surface area contributed by atoms with E-state index in [0.717, 1.165) is 27.8 Å². The molecule has 152 valence electrons. The predicted octanol–water partition coefficient (Wildman–Crippen LogP) is 2.90. The van der Waals surface area contributed by atoms with Crippen molar-refractivity contribution < 1.29 is 9.90 Å². The lowest BCUT2D eigenvalue weighted by Crippen LogP contribution is -2.36. The second-order valence-corrected chi connectivity index (χ2v) is 7.32. The molecule has 0 saturated carbocycles. The zero-order chi connectivity index (χ0) is 21.1. The minimum atomic E-state index is -0.714. The van der Waals surface area contributed by atoms with Gasteiger partial charge in [-0.2, -0.15) is 5.10 Å². The number of rotatable bonds is 6. The van der Waals surface area contributed by atoms with Crippen LogP contribution in [0.3, 0.4) is 0 Å². The van der Waals surface area contributed by atoms with Crippen molar-refractivity contribution in [3.8, 4) is 5.69 Å². The van der Waals surface area contributed by atoms with E-state index < -0.39 is 12.1 Å². The van der Waals surface area contributed by atoms with Crippen molar-refractivity contribution >= 4 is 16.8 Å². The van der Waals surface area contributed by atoms with Crippen molar-refractivity contribution in [1.29, 1.82) is 0 Å². The molecule has 0 fully saturated rings. The molecule has 0 aliphatic heterocycles. The van der Waals surface area contributed by atoms with Gasteiger partial charge in [-0.1, -0.05) is 30.3 Å². The zero-order valence-corrected chi connectivity index (χ0v) is 16.9. The van der Waals surface area contributed by atoms with E-state index in [1.54, 1.807) is 30.2 Å². The maximum absolute atomic E-state index is 12.6. The maximum Gasteiger partial charge on any atom is 0.226 e. The summed E-state index contributed by atoms with van der Waals surface area (Å²) >= 11 is 0. The number of benzene rings is 1. The molecular formula is C23H23N5O2. The van der Waals surface area contributed by atoms with E-state index in [0.29, 0.717) is 5.69 Å². The van der Waals surface area contributed by atoms with Gasteiger partial charge in [0.1, 0.15) is 0 Å². The third-order valence-corrected chi connectivity index (χ3v) is 4.94. The smallest absolute Gasteiger partial charge is 0.226 e. The Morgan fingerprint density at radius 1 is 1.13 bits per heavy atom. The number of nitrogens with zero attached hydrogens (tertiary/aromatic N) is 4. The summed E-state index contributed by atoms with van der Waals surface area (Å²) in [5, 5.41) is 18.4. The fourth-order valence-corrected chi connectivity index (χ4v) is 3.47. The van der Waals surface area contributed by atoms with Gasteiger partial charge >= 0.3 is 0 Å². The lowest BCUT2D eigenvalue weighted by molar-refractivity contribution is -0.122. The number of hydrogen-bond acceptors (Lipinski definition) is 5. The molecule has 0 radical (unpaired) electrons. The minimum absolute atomic E-state index is 0.117. The Balaban J connectivity index is 1.52. The highest BCUT2D eigenvalue weighted by molar-refractivity contribution is 5.83. The van der Waals surface area contributed by atoms with E-state index in [2.05, 4.69) is 20.4 Å². The Labute approximate surface area is 174 Å². The van der Waals surface area contributed by atoms with Crippen molar-refractivity contribution in [1.82, 2.24) is 25.1 Å². The summed E-state index contributed by atoms with van der Waals surface area (Å²) in [7, 11) is 0. The summed E-state index contributed by atoms with van der Waals surface area (Å²) in [6.07, 6.45) is 4.64. The summed E-state index contributed by atoms with van der Waals surface area (Å²) in [4.78, 5) is 21.3. The first-order valence-electron chi connectivity index (χ1n) is 9.79. The van der Waals surface area contributed by atoms with Gasteiger partial charge in [-0.3, -0.25) is 14.8 Å². The van der Waals surface area contributed by atoms with E-state index >= 15 is 0 Å². The first-order chi connectivity index (χ1) is 14.5. The predicted molar refractivity (Wildman–Crippen MR) is 114 cm³/mol. The molecule has 7 nitrogen and oxygen atoms in total. The molecule has 1 aromatic carbocycles. The van der Waals surface area contributed by atoms with Crippen molar-refractivity contribution in [3.63, 3.8) is 0 Å². The van der Waals surface area contributed by atoms with Crippen molar-refractivity contribution in [3.05, 3.63) is 84.1 Å². The summed E-state index contributed by atoms with van der Waals surface area (Å²) in [6.45, 7) is 3.59. The lowest BCUT2D eigenvalue weighted by Gasteiger charge is -2.22. The van der Waals surface area contributed by atoms with Crippen LogP contribution < -0.4 is 5.32 Å². The number of pyridine rings is 2. The average Bonchev–Trinajstić information content (AvgIpc) is 3.16. The topological polar surface area (TPSA) is 92.9 Å². The number of carbonyl (C=O) groups excluding carboxylic acids is 1. The minimum Gasteiger partial charge on any atom is -0.391 e. The van der Waals surface area contributed by atoms with E-state index in [1.165, 1.54) is 0 Å². The van der Waals surface area contributed by atoms with Gasteiger partial charge in [-0.15, -0.1) is 0 Å². The maximum atomic E-state index is 12.6. The molecule has 0 saturated heterocycles. The second kappa shape index (κ2) is 8.42. The van der Waals surface area contributed by atoms with Gasteiger partial charge in [0.2, 0.25) is 5.91 Å². The number of hydrogen-bond donors (Lipinski definition) is 2. The van der Waals surface area contributed by atoms with Crippen LogP contribution >= 0.6 is 0 Å². The molecule has 7 heteroatoms. The number of carbonyl (C=O) groups is 1. The number of amides is 1. The van der Waals surface area contributed by atoms with Crippen molar-refractivity contribution in [2.24, 2.45) is 0 Å². The third-order valence-electron chi connectivity index (χ3n) is 4.94. The lowest BCUT2D eigenvalue weighted by atomic mass is 10.0. The van der Waals surface area contributed by atoms with Crippen LogP contribution in [-0.2, 0) is 11.2 Å². The van der Waals surface area contributed by atoms with E-state index in [4.69, 9.17) is 0 Å². The third kappa shape index (κ3) is 4.21. The van der Waals surface area contributed by atoms with Gasteiger partial charge in [-0.25, -0.2) is 4.68 Å². The molecule has 0 aliphatic rings. The number of aliphatic hydroxyl groups is 1. The van der Waals surface area contributed by atoms with Crippen LogP contribution in [0, 0.1) is 6.92 Å². The summed E-state index contributed by atoms with van der Waals surface area (Å²) < 4.78 is 1.81. The number of aryl methyl sites for hydroxylation is 1. The van der Waals surface area contributed by atoms with Crippen LogP contribution in [0.1, 0.15) is 29.9 Å². The van der Waals surface area contributed by atoms with E-state index in [9.17, 15) is 9.90 Å². The number of aromatic nitrogens is 4. The highest BCUT2D eigenvalue weighted by Crippen LogP contribution is 2.20. The summed E-state index contributed by atoms with van der Waals surface area (Å²) in [5.74, 6) is -0.200. The first kappa shape index (κ1) is 19.7. The van der Waals surface area contributed by atoms with Crippen LogP contribution in [0.2, 0.25) is 0 Å². The van der Waals surface area contributed by atoms with Crippen LogP contribution in [0.25, 0.3) is 16.6 Å². The van der Waals surface area contributed by atoms with Crippen LogP contribution in [0.15, 0.2) is 67.1 Å². The number of aliphatic hydroxyl groups excluding tert-OH is 1. The molecule has 4 aromatic rings. The molecule has 3 aromatic heterocycles. The van der Waals surface area contributed by atoms with Crippen molar-refractivity contribution in [2.75, 3.05) is 0 Å². The molecule has 0 bridgehead atoms. The fraction of sp³-hybridized carbons (Fsp3) is 0.217. The molecule has 0 spiro atoms. The Hall–Kier alpha value is -3.58. The van der Waals surface area contributed by atoms with E-state index in [-0.39, 0.29) is 12.3 Å². The fourth-order valence-electron chi connectivity index (χ4n) is 3.47. The molecule has 2 N–H and O–H groups in total. The van der Waals surface area contributed by atoms with Gasteiger partial charge in [-0.05, 0) is 37.6 Å².